The number of carbonyl (C=O) groups is 1. The number of esters is 1. The third kappa shape index (κ3) is 4.94. The van der Waals surface area contributed by atoms with E-state index < -0.39 is 0 Å². The second-order valence-electron chi connectivity index (χ2n) is 5.65. The van der Waals surface area contributed by atoms with Crippen molar-refractivity contribution < 1.29 is 14.3 Å². The van der Waals surface area contributed by atoms with Crippen molar-refractivity contribution in [3.63, 3.8) is 0 Å². The summed E-state index contributed by atoms with van der Waals surface area (Å²) in [6, 6.07) is 0. The van der Waals surface area contributed by atoms with E-state index in [9.17, 15) is 4.79 Å². The normalized spacial score (nSPS) is 19.2. The summed E-state index contributed by atoms with van der Waals surface area (Å²) >= 11 is 0. The van der Waals surface area contributed by atoms with Gasteiger partial charge in [0.05, 0.1) is 13.0 Å². The van der Waals surface area contributed by atoms with Gasteiger partial charge in [-0.3, -0.25) is 4.79 Å². The minimum Gasteiger partial charge on any atom is -0.469 e. The number of methoxy groups -OCH3 is 1. The molecule has 1 aliphatic heterocycles. The minimum atomic E-state index is -0.0937. The first-order valence-electron chi connectivity index (χ1n) is 6.88. The monoisotopic (exact) mass is 257 g/mol. The van der Waals surface area contributed by atoms with Gasteiger partial charge in [-0.25, -0.2) is 0 Å². The third-order valence-electron chi connectivity index (χ3n) is 3.73. The summed E-state index contributed by atoms with van der Waals surface area (Å²) < 4.78 is 10.2. The molecule has 0 spiro atoms. The number of hydrogen-bond acceptors (Lipinski definition) is 4. The van der Waals surface area contributed by atoms with Crippen LogP contribution in [-0.2, 0) is 14.3 Å². The molecule has 0 aromatic heterocycles. The van der Waals surface area contributed by atoms with E-state index in [1.165, 1.54) is 7.11 Å². The summed E-state index contributed by atoms with van der Waals surface area (Å²) in [6.45, 7) is 7.73. The molecule has 1 fully saturated rings. The SMILES string of the molecule is COC(=O)C(CN(C)CC1CCOCC1)C(C)C. The highest BCUT2D eigenvalue weighted by molar-refractivity contribution is 5.72. The van der Waals surface area contributed by atoms with E-state index in [1.807, 2.05) is 0 Å². The van der Waals surface area contributed by atoms with Crippen LogP contribution < -0.4 is 0 Å². The van der Waals surface area contributed by atoms with Gasteiger partial charge in [-0.1, -0.05) is 13.8 Å². The Labute approximate surface area is 111 Å². The maximum Gasteiger partial charge on any atom is 0.310 e. The Balaban J connectivity index is 2.40. The summed E-state index contributed by atoms with van der Waals surface area (Å²) in [7, 11) is 3.56. The molecule has 18 heavy (non-hydrogen) atoms. The summed E-state index contributed by atoms with van der Waals surface area (Å²) in [5.41, 5.74) is 0. The number of carbonyl (C=O) groups excluding carboxylic acids is 1. The van der Waals surface area contributed by atoms with Crippen molar-refractivity contribution in [1.29, 1.82) is 0 Å². The molecule has 1 atom stereocenters. The summed E-state index contributed by atoms with van der Waals surface area (Å²) in [4.78, 5) is 14.0. The Bertz CT molecular complexity index is 249. The molecule has 1 unspecified atom stereocenters. The molecule has 1 heterocycles. The quantitative estimate of drug-likeness (QED) is 0.680. The lowest BCUT2D eigenvalue weighted by Crippen LogP contribution is -2.37. The smallest absolute Gasteiger partial charge is 0.310 e. The van der Waals surface area contributed by atoms with Crippen molar-refractivity contribution in [2.24, 2.45) is 17.8 Å². The molecular formula is C14H27NO3. The lowest BCUT2D eigenvalue weighted by atomic mass is 9.94. The molecule has 1 saturated heterocycles. The van der Waals surface area contributed by atoms with Crippen molar-refractivity contribution in [2.75, 3.05) is 40.5 Å². The van der Waals surface area contributed by atoms with Gasteiger partial charge in [0.25, 0.3) is 0 Å². The average Bonchev–Trinajstić information content (AvgIpc) is 2.36. The molecule has 0 aromatic carbocycles. The number of ether oxygens (including phenoxy) is 2. The minimum absolute atomic E-state index is 0.0279. The van der Waals surface area contributed by atoms with E-state index in [4.69, 9.17) is 9.47 Å². The van der Waals surface area contributed by atoms with E-state index in [1.54, 1.807) is 0 Å². The van der Waals surface area contributed by atoms with Gasteiger partial charge in [0.1, 0.15) is 0 Å². The molecule has 106 valence electrons. The first kappa shape index (κ1) is 15.4. The fourth-order valence-electron chi connectivity index (χ4n) is 2.49. The fourth-order valence-corrected chi connectivity index (χ4v) is 2.49. The van der Waals surface area contributed by atoms with Crippen molar-refractivity contribution in [3.05, 3.63) is 0 Å². The Morgan fingerprint density at radius 1 is 1.39 bits per heavy atom. The zero-order valence-corrected chi connectivity index (χ0v) is 12.1. The van der Waals surface area contributed by atoms with Gasteiger partial charge in [0.15, 0.2) is 0 Å². The van der Waals surface area contributed by atoms with Crippen LogP contribution in [0.4, 0.5) is 0 Å². The highest BCUT2D eigenvalue weighted by Crippen LogP contribution is 2.18. The first-order valence-corrected chi connectivity index (χ1v) is 6.88. The Morgan fingerprint density at radius 2 is 2.00 bits per heavy atom. The lowest BCUT2D eigenvalue weighted by Gasteiger charge is -2.30. The van der Waals surface area contributed by atoms with Crippen LogP contribution in [0.5, 0.6) is 0 Å². The molecule has 1 rings (SSSR count). The predicted octanol–water partition coefficient (Wildman–Crippen LogP) is 1.79. The molecule has 0 bridgehead atoms. The second kappa shape index (κ2) is 7.74. The maximum atomic E-state index is 11.7. The molecule has 1 aliphatic rings. The van der Waals surface area contributed by atoms with Gasteiger partial charge >= 0.3 is 5.97 Å². The van der Waals surface area contributed by atoms with E-state index in [-0.39, 0.29) is 11.9 Å². The van der Waals surface area contributed by atoms with Gasteiger partial charge in [-0.05, 0) is 31.7 Å². The zero-order chi connectivity index (χ0) is 13.5. The molecule has 0 saturated carbocycles. The van der Waals surface area contributed by atoms with Crippen molar-refractivity contribution in [2.45, 2.75) is 26.7 Å². The molecular weight excluding hydrogens is 230 g/mol. The van der Waals surface area contributed by atoms with E-state index >= 15 is 0 Å². The Kier molecular flexibility index (Phi) is 6.65. The van der Waals surface area contributed by atoms with Gasteiger partial charge in [-0.15, -0.1) is 0 Å². The van der Waals surface area contributed by atoms with Crippen molar-refractivity contribution in [1.82, 2.24) is 4.90 Å². The number of hydrogen-bond donors (Lipinski definition) is 0. The molecule has 0 amide bonds. The molecule has 0 aliphatic carbocycles. The van der Waals surface area contributed by atoms with Gasteiger partial charge in [0, 0.05) is 26.3 Å². The van der Waals surface area contributed by atoms with E-state index in [2.05, 4.69) is 25.8 Å². The topological polar surface area (TPSA) is 38.8 Å². The lowest BCUT2D eigenvalue weighted by molar-refractivity contribution is -0.147. The van der Waals surface area contributed by atoms with Crippen LogP contribution in [0, 0.1) is 17.8 Å². The molecule has 0 aromatic rings. The molecule has 4 heteroatoms. The van der Waals surface area contributed by atoms with Crippen LogP contribution in [0.3, 0.4) is 0 Å². The average molecular weight is 257 g/mol. The van der Waals surface area contributed by atoms with Gasteiger partial charge in [0.2, 0.25) is 0 Å². The maximum absolute atomic E-state index is 11.7. The van der Waals surface area contributed by atoms with Crippen LogP contribution in [0.25, 0.3) is 0 Å². The van der Waals surface area contributed by atoms with E-state index in [0.717, 1.165) is 39.1 Å². The van der Waals surface area contributed by atoms with Gasteiger partial charge < -0.3 is 14.4 Å². The fraction of sp³-hybridized carbons (Fsp3) is 0.929. The van der Waals surface area contributed by atoms with E-state index in [0.29, 0.717) is 11.8 Å². The zero-order valence-electron chi connectivity index (χ0n) is 12.1. The van der Waals surface area contributed by atoms with Crippen LogP contribution in [0.15, 0.2) is 0 Å². The van der Waals surface area contributed by atoms with Crippen molar-refractivity contribution in [3.8, 4) is 0 Å². The van der Waals surface area contributed by atoms with Crippen LogP contribution in [0.1, 0.15) is 26.7 Å². The highest BCUT2D eigenvalue weighted by Gasteiger charge is 2.25. The van der Waals surface area contributed by atoms with Crippen LogP contribution >= 0.6 is 0 Å². The van der Waals surface area contributed by atoms with Crippen LogP contribution in [-0.4, -0.2) is 51.3 Å². The third-order valence-corrected chi connectivity index (χ3v) is 3.73. The Morgan fingerprint density at radius 3 is 2.50 bits per heavy atom. The molecule has 0 N–H and O–H groups in total. The molecule has 0 radical (unpaired) electrons. The summed E-state index contributed by atoms with van der Waals surface area (Å²) in [5.74, 6) is 0.896. The first-order chi connectivity index (χ1) is 8.54. The van der Waals surface area contributed by atoms with Crippen LogP contribution in [0.2, 0.25) is 0 Å². The summed E-state index contributed by atoms with van der Waals surface area (Å²) in [6.07, 6.45) is 2.27. The standard InChI is InChI=1S/C14H27NO3/c1-11(2)13(14(16)17-4)10-15(3)9-12-5-7-18-8-6-12/h11-13H,5-10H2,1-4H3. The largest absolute Gasteiger partial charge is 0.469 e. The molecule has 4 nitrogen and oxygen atoms in total. The number of rotatable bonds is 6. The Hall–Kier alpha value is -0.610. The summed E-state index contributed by atoms with van der Waals surface area (Å²) in [5, 5.41) is 0. The van der Waals surface area contributed by atoms with Gasteiger partial charge in [-0.2, -0.15) is 0 Å². The highest BCUT2D eigenvalue weighted by atomic mass is 16.5. The number of nitrogens with zero attached hydrogens (tertiary/aromatic N) is 1. The predicted molar refractivity (Wildman–Crippen MR) is 71.4 cm³/mol. The van der Waals surface area contributed by atoms with Crippen molar-refractivity contribution >= 4 is 5.97 Å². The second-order valence-corrected chi connectivity index (χ2v) is 5.65.